The number of carbonyl (C=O) groups is 2. The molecule has 1 atom stereocenters. The number of piperazine rings is 1. The molecule has 110 valence electrons. The van der Waals surface area contributed by atoms with Crippen molar-refractivity contribution in [3.05, 3.63) is 16.1 Å². The van der Waals surface area contributed by atoms with Crippen molar-refractivity contribution >= 4 is 23.2 Å². The number of nitrogens with one attached hydrogen (secondary N) is 1. The molecule has 0 aliphatic carbocycles. The number of hydrogen-bond donors (Lipinski definition) is 1. The number of hydrogen-bond acceptors (Lipinski definition) is 4. The van der Waals surface area contributed by atoms with Crippen LogP contribution in [0.2, 0.25) is 0 Å². The smallest absolute Gasteiger partial charge is 0.248 e. The van der Waals surface area contributed by atoms with Gasteiger partial charge in [-0.1, -0.05) is 13.8 Å². The number of aromatic nitrogens is 1. The number of nitrogens with zero attached hydrogens (tertiary/aromatic N) is 2. The van der Waals surface area contributed by atoms with E-state index in [9.17, 15) is 9.59 Å². The Labute approximate surface area is 123 Å². The summed E-state index contributed by atoms with van der Waals surface area (Å²) in [5, 5.41) is 3.68. The minimum absolute atomic E-state index is 0.0443. The zero-order valence-electron chi connectivity index (χ0n) is 12.4. The molecule has 0 saturated carbocycles. The summed E-state index contributed by atoms with van der Waals surface area (Å²) in [5.74, 6) is -0.124. The van der Waals surface area contributed by atoms with Crippen molar-refractivity contribution in [2.75, 3.05) is 0 Å². The molecule has 1 unspecified atom stereocenters. The molecule has 1 aliphatic heterocycles. The Kier molecular flexibility index (Phi) is 4.13. The van der Waals surface area contributed by atoms with Gasteiger partial charge in [0.25, 0.3) is 0 Å². The second kappa shape index (κ2) is 5.52. The van der Waals surface area contributed by atoms with E-state index in [-0.39, 0.29) is 11.8 Å². The monoisotopic (exact) mass is 295 g/mol. The molecule has 0 spiro atoms. The highest BCUT2D eigenvalue weighted by atomic mass is 32.1. The van der Waals surface area contributed by atoms with Gasteiger partial charge < -0.3 is 10.2 Å². The van der Waals surface area contributed by atoms with Gasteiger partial charge in [0.05, 0.1) is 6.54 Å². The lowest BCUT2D eigenvalue weighted by molar-refractivity contribution is -0.154. The van der Waals surface area contributed by atoms with E-state index in [0.717, 1.165) is 11.4 Å². The van der Waals surface area contributed by atoms with Crippen LogP contribution in [0, 0.1) is 0 Å². The average molecular weight is 295 g/mol. The first-order valence-electron chi connectivity index (χ1n) is 6.95. The van der Waals surface area contributed by atoms with E-state index >= 15 is 0 Å². The van der Waals surface area contributed by atoms with Gasteiger partial charge in [-0.25, -0.2) is 4.98 Å². The molecular weight excluding hydrogens is 274 g/mol. The van der Waals surface area contributed by atoms with Crippen LogP contribution in [-0.2, 0) is 22.6 Å². The summed E-state index contributed by atoms with van der Waals surface area (Å²) in [6.45, 7) is 7.90. The van der Waals surface area contributed by atoms with Gasteiger partial charge in [0, 0.05) is 11.1 Å². The Balaban J connectivity index is 2.25. The first-order valence-corrected chi connectivity index (χ1v) is 7.77. The maximum atomic E-state index is 12.5. The fraction of sp³-hybridized carbons (Fsp3) is 0.643. The molecule has 1 aromatic rings. The van der Waals surface area contributed by atoms with Crippen LogP contribution in [-0.4, -0.2) is 33.3 Å². The summed E-state index contributed by atoms with van der Waals surface area (Å²) in [4.78, 5) is 31.9. The summed E-state index contributed by atoms with van der Waals surface area (Å²) >= 11 is 1.61. The van der Waals surface area contributed by atoms with Crippen molar-refractivity contribution in [1.29, 1.82) is 0 Å². The summed E-state index contributed by atoms with van der Waals surface area (Å²) in [6, 6.07) is -0.399. The molecule has 0 aromatic carbocycles. The second-order valence-electron chi connectivity index (χ2n) is 5.55. The van der Waals surface area contributed by atoms with Gasteiger partial charge in [0.15, 0.2) is 0 Å². The molecule has 20 heavy (non-hydrogen) atoms. The lowest BCUT2D eigenvalue weighted by atomic mass is 9.96. The van der Waals surface area contributed by atoms with Crippen LogP contribution >= 0.6 is 11.3 Å². The van der Waals surface area contributed by atoms with Crippen molar-refractivity contribution in [2.24, 2.45) is 0 Å². The van der Waals surface area contributed by atoms with Crippen LogP contribution in [0.25, 0.3) is 0 Å². The van der Waals surface area contributed by atoms with Crippen LogP contribution in [0.4, 0.5) is 0 Å². The molecule has 0 bridgehead atoms. The molecular formula is C14H21N3O2S. The summed E-state index contributed by atoms with van der Waals surface area (Å²) in [7, 11) is 0. The zero-order chi connectivity index (χ0) is 14.9. The minimum atomic E-state index is -0.840. The first kappa shape index (κ1) is 15.0. The Morgan fingerprint density at radius 2 is 2.10 bits per heavy atom. The third kappa shape index (κ3) is 2.70. The van der Waals surface area contributed by atoms with Crippen LogP contribution in [0.5, 0.6) is 0 Å². The zero-order valence-corrected chi connectivity index (χ0v) is 13.2. The van der Waals surface area contributed by atoms with Gasteiger partial charge in [-0.3, -0.25) is 9.59 Å². The molecule has 1 saturated heterocycles. The predicted molar refractivity (Wildman–Crippen MR) is 78.3 cm³/mol. The van der Waals surface area contributed by atoms with E-state index in [0.29, 0.717) is 13.0 Å². The highest BCUT2D eigenvalue weighted by Crippen LogP contribution is 2.24. The molecule has 1 N–H and O–H groups in total. The molecule has 1 fully saturated rings. The lowest BCUT2D eigenvalue weighted by Crippen LogP contribution is -2.67. The highest BCUT2D eigenvalue weighted by molar-refractivity contribution is 7.11. The molecule has 2 amide bonds. The van der Waals surface area contributed by atoms with E-state index < -0.39 is 11.6 Å². The van der Waals surface area contributed by atoms with Gasteiger partial charge >= 0.3 is 0 Å². The van der Waals surface area contributed by atoms with Gasteiger partial charge in [0.1, 0.15) is 16.6 Å². The molecule has 6 heteroatoms. The Hall–Kier alpha value is -1.43. The van der Waals surface area contributed by atoms with Gasteiger partial charge in [-0.05, 0) is 26.7 Å². The maximum Gasteiger partial charge on any atom is 0.248 e. The quantitative estimate of drug-likeness (QED) is 0.920. The van der Waals surface area contributed by atoms with Crippen molar-refractivity contribution in [3.8, 4) is 0 Å². The largest absolute Gasteiger partial charge is 0.340 e. The minimum Gasteiger partial charge on any atom is -0.340 e. The third-order valence-electron chi connectivity index (χ3n) is 3.55. The van der Waals surface area contributed by atoms with Crippen molar-refractivity contribution in [1.82, 2.24) is 15.2 Å². The number of thiazole rings is 1. The average Bonchev–Trinajstić information content (AvgIpc) is 2.83. The number of amides is 2. The van der Waals surface area contributed by atoms with Crippen molar-refractivity contribution in [3.63, 3.8) is 0 Å². The predicted octanol–water partition coefficient (Wildman–Crippen LogP) is 1.72. The fourth-order valence-electron chi connectivity index (χ4n) is 2.40. The first-order chi connectivity index (χ1) is 9.39. The van der Waals surface area contributed by atoms with E-state index in [1.54, 1.807) is 30.1 Å². The fourth-order valence-corrected chi connectivity index (χ4v) is 3.27. The van der Waals surface area contributed by atoms with Gasteiger partial charge in [-0.15, -0.1) is 11.3 Å². The van der Waals surface area contributed by atoms with E-state index in [1.807, 2.05) is 13.1 Å². The van der Waals surface area contributed by atoms with Gasteiger partial charge in [-0.2, -0.15) is 0 Å². The molecule has 1 aliphatic rings. The Morgan fingerprint density at radius 3 is 2.65 bits per heavy atom. The van der Waals surface area contributed by atoms with Gasteiger partial charge in [0.2, 0.25) is 11.8 Å². The molecule has 2 heterocycles. The normalized spacial score (nSPS) is 22.0. The topological polar surface area (TPSA) is 62.3 Å². The summed E-state index contributed by atoms with van der Waals surface area (Å²) in [5.41, 5.74) is -0.840. The summed E-state index contributed by atoms with van der Waals surface area (Å²) < 4.78 is 0. The van der Waals surface area contributed by atoms with Crippen LogP contribution in [0.3, 0.4) is 0 Å². The number of carbonyl (C=O) groups excluding carboxylic acids is 2. The summed E-state index contributed by atoms with van der Waals surface area (Å²) in [6.07, 6.45) is 3.40. The Morgan fingerprint density at radius 1 is 1.40 bits per heavy atom. The second-order valence-corrected chi connectivity index (χ2v) is 6.74. The van der Waals surface area contributed by atoms with Crippen LogP contribution in [0.1, 0.15) is 44.0 Å². The molecule has 2 rings (SSSR count). The SMILES string of the molecule is CCc1cnc(CN2C(=O)C(C)(C)NC(=O)C2CC)s1. The number of aryl methyl sites for hydroxylation is 1. The van der Waals surface area contributed by atoms with E-state index in [4.69, 9.17) is 0 Å². The molecule has 1 aromatic heterocycles. The maximum absolute atomic E-state index is 12.5. The van der Waals surface area contributed by atoms with Crippen molar-refractivity contribution in [2.45, 2.75) is 58.7 Å². The third-order valence-corrected chi connectivity index (χ3v) is 4.68. The highest BCUT2D eigenvalue weighted by Gasteiger charge is 2.44. The molecule has 5 nitrogen and oxygen atoms in total. The van der Waals surface area contributed by atoms with Crippen molar-refractivity contribution < 1.29 is 9.59 Å². The number of rotatable bonds is 4. The van der Waals surface area contributed by atoms with Crippen LogP contribution in [0.15, 0.2) is 6.20 Å². The van der Waals surface area contributed by atoms with Crippen LogP contribution < -0.4 is 5.32 Å². The Bertz CT molecular complexity index is 524. The lowest BCUT2D eigenvalue weighted by Gasteiger charge is -2.42. The molecule has 0 radical (unpaired) electrons. The standard InChI is InChI=1S/C14H21N3O2S/c1-5-9-7-15-11(20-9)8-17-10(6-2)12(18)16-14(3,4)13(17)19/h7,10H,5-6,8H2,1-4H3,(H,16,18). The van der Waals surface area contributed by atoms with E-state index in [2.05, 4.69) is 17.2 Å². The van der Waals surface area contributed by atoms with E-state index in [1.165, 1.54) is 4.88 Å².